The van der Waals surface area contributed by atoms with E-state index in [4.69, 9.17) is 16.6 Å². The highest BCUT2D eigenvalue weighted by Crippen LogP contribution is 2.20. The molecule has 0 fully saturated rings. The van der Waals surface area contributed by atoms with Gasteiger partial charge in [-0.1, -0.05) is 12.1 Å². The fourth-order valence-corrected chi connectivity index (χ4v) is 1.38. The van der Waals surface area contributed by atoms with Crippen LogP contribution in [0.4, 0.5) is 5.69 Å². The van der Waals surface area contributed by atoms with E-state index in [9.17, 15) is 4.79 Å². The minimum Gasteiger partial charge on any atom is -0.399 e. The zero-order valence-corrected chi connectivity index (χ0v) is 7.81. The summed E-state index contributed by atoms with van der Waals surface area (Å²) < 4.78 is 0. The normalized spacial score (nSPS) is 12.4. The van der Waals surface area contributed by atoms with Crippen molar-refractivity contribution in [2.45, 2.75) is 12.3 Å². The van der Waals surface area contributed by atoms with Crippen LogP contribution in [0, 0.1) is 0 Å². The Labute approximate surface area is 82.5 Å². The number of hydrogen-bond donors (Lipinski definition) is 3. The molecule has 1 rings (SSSR count). The smallest absolute Gasteiger partial charge is 0.225 e. The minimum atomic E-state index is -0.455. The van der Waals surface area contributed by atoms with Crippen molar-refractivity contribution in [3.8, 4) is 0 Å². The van der Waals surface area contributed by atoms with Gasteiger partial charge in [0.05, 0.1) is 5.92 Å². The van der Waals surface area contributed by atoms with Crippen LogP contribution in [0.15, 0.2) is 24.3 Å². The molecule has 0 saturated heterocycles. The van der Waals surface area contributed by atoms with Gasteiger partial charge in [0.25, 0.3) is 0 Å². The van der Waals surface area contributed by atoms with Crippen molar-refractivity contribution in [1.29, 1.82) is 0 Å². The van der Waals surface area contributed by atoms with Crippen LogP contribution < -0.4 is 11.5 Å². The van der Waals surface area contributed by atoms with E-state index in [1.807, 2.05) is 0 Å². The van der Waals surface area contributed by atoms with Gasteiger partial charge in [-0.05, 0) is 24.1 Å². The highest BCUT2D eigenvalue weighted by Gasteiger charge is 2.16. The summed E-state index contributed by atoms with van der Waals surface area (Å²) in [5.74, 6) is -0.895. The van der Waals surface area contributed by atoms with E-state index in [0.29, 0.717) is 12.1 Å². The lowest BCUT2D eigenvalue weighted by molar-refractivity contribution is -0.119. The molecule has 5 N–H and O–H groups in total. The molecule has 0 heterocycles. The molecule has 76 valence electrons. The number of amides is 1. The minimum absolute atomic E-state index is 0.0671. The number of rotatable bonds is 4. The molecule has 1 aromatic carbocycles. The summed E-state index contributed by atoms with van der Waals surface area (Å²) in [6.45, 7) is -0.0671. The van der Waals surface area contributed by atoms with E-state index in [1.54, 1.807) is 24.3 Å². The van der Waals surface area contributed by atoms with Crippen molar-refractivity contribution in [1.82, 2.24) is 0 Å². The first-order chi connectivity index (χ1) is 6.65. The van der Waals surface area contributed by atoms with Gasteiger partial charge < -0.3 is 16.6 Å². The second kappa shape index (κ2) is 4.62. The van der Waals surface area contributed by atoms with Crippen molar-refractivity contribution < 1.29 is 9.90 Å². The zero-order chi connectivity index (χ0) is 10.6. The molecule has 4 heteroatoms. The number of anilines is 1. The molecule has 1 unspecified atom stereocenters. The molecule has 0 aliphatic rings. The maximum absolute atomic E-state index is 11.1. The van der Waals surface area contributed by atoms with Crippen molar-refractivity contribution >= 4 is 11.6 Å². The fourth-order valence-electron chi connectivity index (χ4n) is 1.38. The average Bonchev–Trinajstić information content (AvgIpc) is 2.13. The summed E-state index contributed by atoms with van der Waals surface area (Å²) in [6.07, 6.45) is 0.332. The first-order valence-corrected chi connectivity index (χ1v) is 4.40. The van der Waals surface area contributed by atoms with Gasteiger partial charge in [-0.25, -0.2) is 0 Å². The lowest BCUT2D eigenvalue weighted by Crippen LogP contribution is -2.22. The second-order valence-corrected chi connectivity index (χ2v) is 3.14. The first kappa shape index (κ1) is 10.5. The topological polar surface area (TPSA) is 89.3 Å². The van der Waals surface area contributed by atoms with Crippen LogP contribution in [-0.4, -0.2) is 17.6 Å². The van der Waals surface area contributed by atoms with Crippen molar-refractivity contribution in [2.75, 3.05) is 12.3 Å². The fraction of sp³-hybridized carbons (Fsp3) is 0.300. The third-order valence-corrected chi connectivity index (χ3v) is 2.07. The third kappa shape index (κ3) is 2.47. The van der Waals surface area contributed by atoms with Gasteiger partial charge in [-0.2, -0.15) is 0 Å². The number of aliphatic hydroxyl groups excluding tert-OH is 1. The number of primary amides is 1. The van der Waals surface area contributed by atoms with Crippen LogP contribution in [0.2, 0.25) is 0 Å². The summed E-state index contributed by atoms with van der Waals surface area (Å²) in [5, 5.41) is 8.78. The van der Waals surface area contributed by atoms with Crippen molar-refractivity contribution in [3.63, 3.8) is 0 Å². The molecule has 0 spiro atoms. The lowest BCUT2D eigenvalue weighted by atomic mass is 9.95. The van der Waals surface area contributed by atoms with Crippen LogP contribution in [0.3, 0.4) is 0 Å². The van der Waals surface area contributed by atoms with Crippen LogP contribution >= 0.6 is 0 Å². The average molecular weight is 194 g/mol. The van der Waals surface area contributed by atoms with E-state index in [0.717, 1.165) is 5.56 Å². The maximum Gasteiger partial charge on any atom is 0.225 e. The highest BCUT2D eigenvalue weighted by atomic mass is 16.3. The SMILES string of the molecule is NC(=O)C(CCO)c1cccc(N)c1. The number of hydrogen-bond acceptors (Lipinski definition) is 3. The van der Waals surface area contributed by atoms with E-state index in [-0.39, 0.29) is 6.61 Å². The summed E-state index contributed by atoms with van der Waals surface area (Å²) in [4.78, 5) is 11.1. The van der Waals surface area contributed by atoms with Crippen LogP contribution in [0.5, 0.6) is 0 Å². The number of nitrogen functional groups attached to an aromatic ring is 1. The molecule has 14 heavy (non-hydrogen) atoms. The summed E-state index contributed by atoms with van der Waals surface area (Å²) in [5.41, 5.74) is 12.1. The Kier molecular flexibility index (Phi) is 3.48. The number of benzene rings is 1. The predicted octanol–water partition coefficient (Wildman–Crippen LogP) is 0.220. The summed E-state index contributed by atoms with van der Waals surface area (Å²) in [7, 11) is 0. The quantitative estimate of drug-likeness (QED) is 0.599. The summed E-state index contributed by atoms with van der Waals surface area (Å²) >= 11 is 0. The molecule has 0 aromatic heterocycles. The van der Waals surface area contributed by atoms with Crippen molar-refractivity contribution in [2.24, 2.45) is 5.73 Å². The van der Waals surface area contributed by atoms with E-state index in [2.05, 4.69) is 0 Å². The van der Waals surface area contributed by atoms with E-state index >= 15 is 0 Å². The van der Waals surface area contributed by atoms with Gasteiger partial charge in [0.15, 0.2) is 0 Å². The van der Waals surface area contributed by atoms with Gasteiger partial charge in [-0.3, -0.25) is 4.79 Å². The Hall–Kier alpha value is -1.55. The van der Waals surface area contributed by atoms with Crippen LogP contribution in [0.25, 0.3) is 0 Å². The lowest BCUT2D eigenvalue weighted by Gasteiger charge is -2.12. The van der Waals surface area contributed by atoms with Gasteiger partial charge in [0, 0.05) is 12.3 Å². The molecule has 0 radical (unpaired) electrons. The molecule has 1 aromatic rings. The number of nitrogens with two attached hydrogens (primary N) is 2. The van der Waals surface area contributed by atoms with Gasteiger partial charge in [0.1, 0.15) is 0 Å². The predicted molar refractivity (Wildman–Crippen MR) is 54.5 cm³/mol. The van der Waals surface area contributed by atoms with E-state index in [1.165, 1.54) is 0 Å². The Morgan fingerprint density at radius 1 is 1.50 bits per heavy atom. The van der Waals surface area contributed by atoms with Crippen LogP contribution in [0.1, 0.15) is 17.9 Å². The number of aliphatic hydroxyl groups is 1. The molecular weight excluding hydrogens is 180 g/mol. The third-order valence-electron chi connectivity index (χ3n) is 2.07. The number of carbonyl (C=O) groups is 1. The van der Waals surface area contributed by atoms with Crippen LogP contribution in [-0.2, 0) is 4.79 Å². The van der Waals surface area contributed by atoms with Gasteiger partial charge in [0.2, 0.25) is 5.91 Å². The van der Waals surface area contributed by atoms with E-state index < -0.39 is 11.8 Å². The summed E-state index contributed by atoms with van der Waals surface area (Å²) in [6, 6.07) is 6.98. The Bertz CT molecular complexity index is 326. The highest BCUT2D eigenvalue weighted by molar-refractivity contribution is 5.82. The standard InChI is InChI=1S/C10H14N2O2/c11-8-3-1-2-7(6-8)9(4-5-13)10(12)14/h1-3,6,9,13H,4-5,11H2,(H2,12,14). The van der Waals surface area contributed by atoms with Gasteiger partial charge >= 0.3 is 0 Å². The first-order valence-electron chi connectivity index (χ1n) is 4.40. The Morgan fingerprint density at radius 2 is 2.21 bits per heavy atom. The monoisotopic (exact) mass is 194 g/mol. The number of carbonyl (C=O) groups excluding carboxylic acids is 1. The molecular formula is C10H14N2O2. The molecule has 1 atom stereocenters. The molecule has 1 amide bonds. The van der Waals surface area contributed by atoms with Gasteiger partial charge in [-0.15, -0.1) is 0 Å². The molecule has 4 nitrogen and oxygen atoms in total. The molecule has 0 bridgehead atoms. The van der Waals surface area contributed by atoms with Crippen molar-refractivity contribution in [3.05, 3.63) is 29.8 Å². The maximum atomic E-state index is 11.1. The molecule has 0 aliphatic heterocycles. The molecule has 0 saturated carbocycles. The molecule has 0 aliphatic carbocycles. The Morgan fingerprint density at radius 3 is 2.71 bits per heavy atom. The second-order valence-electron chi connectivity index (χ2n) is 3.14. The Balaban J connectivity index is 2.93. The largest absolute Gasteiger partial charge is 0.399 e. The zero-order valence-electron chi connectivity index (χ0n) is 7.81.